The van der Waals surface area contributed by atoms with Crippen LogP contribution in [0.3, 0.4) is 0 Å². The van der Waals surface area contributed by atoms with E-state index in [1.165, 1.54) is 0 Å². The number of hydrogen-bond donors (Lipinski definition) is 1. The fourth-order valence-electron chi connectivity index (χ4n) is 2.88. The van der Waals surface area contributed by atoms with Gasteiger partial charge in [-0.1, -0.05) is 13.8 Å². The van der Waals surface area contributed by atoms with Gasteiger partial charge >= 0.3 is 0 Å². The lowest BCUT2D eigenvalue weighted by Gasteiger charge is -2.29. The van der Waals surface area contributed by atoms with Gasteiger partial charge in [-0.15, -0.1) is 0 Å². The second-order valence-corrected chi connectivity index (χ2v) is 6.81. The van der Waals surface area contributed by atoms with Crippen molar-refractivity contribution >= 4 is 5.82 Å². The largest absolute Gasteiger partial charge is 0.367 e. The third-order valence-electron chi connectivity index (χ3n) is 4.32. The Morgan fingerprint density at radius 2 is 1.96 bits per heavy atom. The first-order valence-electron chi connectivity index (χ1n) is 8.38. The molecule has 0 unspecified atom stereocenters. The molecule has 2 aromatic heterocycles. The first kappa shape index (κ1) is 16.8. The van der Waals surface area contributed by atoms with Crippen LogP contribution < -0.4 is 5.32 Å². The zero-order valence-electron chi connectivity index (χ0n) is 14.3. The molecule has 0 aromatic carbocycles. The molecule has 1 fully saturated rings. The van der Waals surface area contributed by atoms with Crippen molar-refractivity contribution in [2.24, 2.45) is 0 Å². The fraction of sp³-hybridized carbons (Fsp3) is 0.588. The molecule has 0 amide bonds. The van der Waals surface area contributed by atoms with Crippen molar-refractivity contribution in [3.8, 4) is 5.95 Å². The molecule has 24 heavy (non-hydrogen) atoms. The van der Waals surface area contributed by atoms with Gasteiger partial charge in [0, 0.05) is 36.8 Å². The molecular formula is C17H23F2N5. The second kappa shape index (κ2) is 6.45. The maximum atomic E-state index is 13.3. The van der Waals surface area contributed by atoms with Crippen LogP contribution in [0.2, 0.25) is 0 Å². The summed E-state index contributed by atoms with van der Waals surface area (Å²) in [6.07, 6.45) is 2.60. The lowest BCUT2D eigenvalue weighted by atomic mass is 9.92. The van der Waals surface area contributed by atoms with E-state index in [1.807, 2.05) is 25.3 Å². The smallest absolute Gasteiger partial charge is 0.252 e. The maximum absolute atomic E-state index is 13.3. The zero-order chi connectivity index (χ0) is 17.3. The number of aryl methyl sites for hydroxylation is 1. The van der Waals surface area contributed by atoms with Crippen LogP contribution in [0.15, 0.2) is 18.3 Å². The molecule has 2 heterocycles. The summed E-state index contributed by atoms with van der Waals surface area (Å²) in [6.45, 7) is 6.05. The average molecular weight is 335 g/mol. The summed E-state index contributed by atoms with van der Waals surface area (Å²) in [5.41, 5.74) is 1.79. The zero-order valence-corrected chi connectivity index (χ0v) is 14.3. The summed E-state index contributed by atoms with van der Waals surface area (Å²) in [5, 5.41) is 7.77. The maximum Gasteiger partial charge on any atom is 0.252 e. The van der Waals surface area contributed by atoms with Gasteiger partial charge in [-0.3, -0.25) is 0 Å². The number of nitrogens with zero attached hydrogens (tertiary/aromatic N) is 4. The molecule has 1 saturated carbocycles. The van der Waals surface area contributed by atoms with E-state index in [9.17, 15) is 8.78 Å². The van der Waals surface area contributed by atoms with Crippen LogP contribution in [0.1, 0.15) is 56.8 Å². The van der Waals surface area contributed by atoms with E-state index < -0.39 is 5.92 Å². The number of alkyl halides is 2. The van der Waals surface area contributed by atoms with Gasteiger partial charge < -0.3 is 5.32 Å². The number of rotatable bonds is 4. The SMILES string of the molecule is Cc1cc(NC2CCC(F)(F)CC2)nc(-n2ccc(C(C)C)n2)n1. The molecule has 1 aliphatic carbocycles. The molecule has 5 nitrogen and oxygen atoms in total. The Kier molecular flexibility index (Phi) is 4.51. The van der Waals surface area contributed by atoms with E-state index in [2.05, 4.69) is 34.2 Å². The molecule has 0 bridgehead atoms. The average Bonchev–Trinajstić information content (AvgIpc) is 2.99. The minimum absolute atomic E-state index is 0.0237. The molecule has 7 heteroatoms. The minimum Gasteiger partial charge on any atom is -0.367 e. The van der Waals surface area contributed by atoms with Crippen LogP contribution in [0.5, 0.6) is 0 Å². The van der Waals surface area contributed by atoms with Crippen molar-refractivity contribution in [3.05, 3.63) is 29.7 Å². The van der Waals surface area contributed by atoms with Crippen LogP contribution >= 0.6 is 0 Å². The van der Waals surface area contributed by atoms with Gasteiger partial charge in [0.15, 0.2) is 0 Å². The molecule has 1 N–H and O–H groups in total. The number of halogens is 2. The van der Waals surface area contributed by atoms with Crippen molar-refractivity contribution in [3.63, 3.8) is 0 Å². The summed E-state index contributed by atoms with van der Waals surface area (Å²) < 4.78 is 28.2. The minimum atomic E-state index is -2.52. The van der Waals surface area contributed by atoms with Crippen molar-refractivity contribution in [1.82, 2.24) is 19.7 Å². The van der Waals surface area contributed by atoms with Crippen LogP contribution in [0.25, 0.3) is 5.95 Å². The topological polar surface area (TPSA) is 55.6 Å². The van der Waals surface area contributed by atoms with E-state index >= 15 is 0 Å². The Bertz CT molecular complexity index is 701. The lowest BCUT2D eigenvalue weighted by molar-refractivity contribution is -0.0361. The van der Waals surface area contributed by atoms with Crippen LogP contribution in [0, 0.1) is 6.92 Å². The highest BCUT2D eigenvalue weighted by atomic mass is 19.3. The number of hydrogen-bond acceptors (Lipinski definition) is 4. The monoisotopic (exact) mass is 335 g/mol. The molecule has 2 aromatic rings. The van der Waals surface area contributed by atoms with Crippen molar-refractivity contribution < 1.29 is 8.78 Å². The fourth-order valence-corrected chi connectivity index (χ4v) is 2.88. The third kappa shape index (κ3) is 3.88. The Morgan fingerprint density at radius 3 is 2.58 bits per heavy atom. The summed E-state index contributed by atoms with van der Waals surface area (Å²) >= 11 is 0. The predicted molar refractivity (Wildman–Crippen MR) is 88.8 cm³/mol. The number of anilines is 1. The number of aromatic nitrogens is 4. The highest BCUT2D eigenvalue weighted by molar-refractivity contribution is 5.39. The molecule has 3 rings (SSSR count). The standard InChI is InChI=1S/C17H23F2N5/c1-11(2)14-6-9-24(23-14)16-20-12(3)10-15(22-16)21-13-4-7-17(18,19)8-5-13/h6,9-11,13H,4-5,7-8H2,1-3H3,(H,20,21,22). The van der Waals surface area contributed by atoms with E-state index in [4.69, 9.17) is 0 Å². The second-order valence-electron chi connectivity index (χ2n) is 6.81. The Balaban J connectivity index is 1.76. The Hall–Kier alpha value is -2.05. The molecular weight excluding hydrogens is 312 g/mol. The van der Waals surface area contributed by atoms with Crippen LogP contribution in [-0.2, 0) is 0 Å². The Morgan fingerprint density at radius 1 is 1.25 bits per heavy atom. The van der Waals surface area contributed by atoms with E-state index in [1.54, 1.807) is 4.68 Å². The molecule has 0 saturated heterocycles. The van der Waals surface area contributed by atoms with Gasteiger partial charge in [-0.05, 0) is 31.7 Å². The summed E-state index contributed by atoms with van der Waals surface area (Å²) in [5.74, 6) is -1.04. The van der Waals surface area contributed by atoms with E-state index in [-0.39, 0.29) is 18.9 Å². The van der Waals surface area contributed by atoms with E-state index in [0.717, 1.165) is 11.4 Å². The molecule has 0 radical (unpaired) electrons. The van der Waals surface area contributed by atoms with Crippen molar-refractivity contribution in [2.75, 3.05) is 5.32 Å². The first-order chi connectivity index (χ1) is 11.3. The van der Waals surface area contributed by atoms with Gasteiger partial charge in [-0.2, -0.15) is 10.1 Å². The highest BCUT2D eigenvalue weighted by Crippen LogP contribution is 2.34. The van der Waals surface area contributed by atoms with Gasteiger partial charge in [0.05, 0.1) is 5.69 Å². The molecule has 0 atom stereocenters. The summed E-state index contributed by atoms with van der Waals surface area (Å²) in [4.78, 5) is 8.92. The molecule has 0 spiro atoms. The van der Waals surface area contributed by atoms with Crippen molar-refractivity contribution in [2.45, 2.75) is 64.3 Å². The molecule has 1 aliphatic rings. The van der Waals surface area contributed by atoms with Crippen LogP contribution in [-0.4, -0.2) is 31.7 Å². The first-order valence-corrected chi connectivity index (χ1v) is 8.38. The Labute approximate surface area is 140 Å². The lowest BCUT2D eigenvalue weighted by Crippen LogP contribution is -2.32. The summed E-state index contributed by atoms with van der Waals surface area (Å²) in [6, 6.07) is 3.81. The summed E-state index contributed by atoms with van der Waals surface area (Å²) in [7, 11) is 0. The van der Waals surface area contributed by atoms with Gasteiger partial charge in [-0.25, -0.2) is 18.4 Å². The normalized spacial score (nSPS) is 18.1. The van der Waals surface area contributed by atoms with Gasteiger partial charge in [0.25, 0.3) is 5.95 Å². The number of nitrogens with one attached hydrogen (secondary N) is 1. The van der Waals surface area contributed by atoms with Gasteiger partial charge in [0.2, 0.25) is 5.92 Å². The quantitative estimate of drug-likeness (QED) is 0.914. The molecule has 0 aliphatic heterocycles. The molecule has 130 valence electrons. The predicted octanol–water partition coefficient (Wildman–Crippen LogP) is 4.08. The van der Waals surface area contributed by atoms with Crippen molar-refractivity contribution in [1.29, 1.82) is 0 Å². The van der Waals surface area contributed by atoms with Gasteiger partial charge in [0.1, 0.15) is 5.82 Å². The van der Waals surface area contributed by atoms with Crippen LogP contribution in [0.4, 0.5) is 14.6 Å². The third-order valence-corrected chi connectivity index (χ3v) is 4.32. The van der Waals surface area contributed by atoms with E-state index in [0.29, 0.717) is 30.5 Å². The highest BCUT2D eigenvalue weighted by Gasteiger charge is 2.34.